The molecule has 1 saturated heterocycles. The lowest BCUT2D eigenvalue weighted by Crippen LogP contribution is -2.58. The van der Waals surface area contributed by atoms with Crippen LogP contribution in [0.5, 0.6) is 0 Å². The number of nitrogens with zero attached hydrogens (tertiary/aromatic N) is 2. The SMILES string of the molecule is CC1CN(C2CCCC(N)C2)CC(C)N1C. The highest BCUT2D eigenvalue weighted by Gasteiger charge is 2.32. The Balaban J connectivity index is 1.94. The highest BCUT2D eigenvalue weighted by Crippen LogP contribution is 2.25. The molecule has 3 heteroatoms. The second kappa shape index (κ2) is 5.03. The van der Waals surface area contributed by atoms with E-state index < -0.39 is 0 Å². The smallest absolute Gasteiger partial charge is 0.0195 e. The van der Waals surface area contributed by atoms with Crippen molar-refractivity contribution in [2.24, 2.45) is 5.73 Å². The fourth-order valence-corrected chi connectivity index (χ4v) is 3.28. The van der Waals surface area contributed by atoms with Crippen molar-refractivity contribution in [3.63, 3.8) is 0 Å². The van der Waals surface area contributed by atoms with Crippen LogP contribution in [0.15, 0.2) is 0 Å². The van der Waals surface area contributed by atoms with E-state index in [1.54, 1.807) is 0 Å². The molecule has 0 bridgehead atoms. The summed E-state index contributed by atoms with van der Waals surface area (Å²) in [6, 6.07) is 2.56. The minimum atomic E-state index is 0.448. The standard InChI is InChI=1S/C13H27N3/c1-10-8-16(9-11(2)15(10)3)13-6-4-5-12(14)7-13/h10-13H,4-9,14H2,1-3H3. The van der Waals surface area contributed by atoms with Gasteiger partial charge in [-0.05, 0) is 40.2 Å². The summed E-state index contributed by atoms with van der Waals surface area (Å²) < 4.78 is 0. The fourth-order valence-electron chi connectivity index (χ4n) is 3.28. The van der Waals surface area contributed by atoms with E-state index in [9.17, 15) is 0 Å². The predicted octanol–water partition coefficient (Wildman–Crippen LogP) is 1.28. The van der Waals surface area contributed by atoms with E-state index in [0.29, 0.717) is 18.1 Å². The second-order valence-corrected chi connectivity index (χ2v) is 5.90. The number of likely N-dealkylation sites (N-methyl/N-ethyl adjacent to an activating group) is 1. The Morgan fingerprint density at radius 1 is 1.06 bits per heavy atom. The van der Waals surface area contributed by atoms with Gasteiger partial charge in [-0.2, -0.15) is 0 Å². The van der Waals surface area contributed by atoms with E-state index in [2.05, 4.69) is 30.7 Å². The van der Waals surface area contributed by atoms with Crippen molar-refractivity contribution in [2.75, 3.05) is 20.1 Å². The first-order valence-electron chi connectivity index (χ1n) is 6.79. The third kappa shape index (κ3) is 2.58. The highest BCUT2D eigenvalue weighted by atomic mass is 15.3. The quantitative estimate of drug-likeness (QED) is 0.730. The Labute approximate surface area is 100.0 Å². The van der Waals surface area contributed by atoms with Crippen LogP contribution in [0, 0.1) is 0 Å². The molecular formula is C13H27N3. The average Bonchev–Trinajstić information content (AvgIpc) is 2.25. The lowest BCUT2D eigenvalue weighted by Gasteiger charge is -2.47. The Morgan fingerprint density at radius 3 is 2.25 bits per heavy atom. The van der Waals surface area contributed by atoms with Gasteiger partial charge in [0.15, 0.2) is 0 Å². The molecule has 0 aromatic rings. The molecule has 0 aromatic heterocycles. The first kappa shape index (κ1) is 12.3. The zero-order valence-corrected chi connectivity index (χ0v) is 11.0. The maximum Gasteiger partial charge on any atom is 0.0195 e. The molecule has 2 aliphatic rings. The lowest BCUT2D eigenvalue weighted by molar-refractivity contribution is 0.0211. The zero-order valence-electron chi connectivity index (χ0n) is 11.0. The monoisotopic (exact) mass is 225 g/mol. The van der Waals surface area contributed by atoms with Crippen molar-refractivity contribution < 1.29 is 0 Å². The van der Waals surface area contributed by atoms with Gasteiger partial charge in [0.25, 0.3) is 0 Å². The van der Waals surface area contributed by atoms with Crippen molar-refractivity contribution in [3.05, 3.63) is 0 Å². The van der Waals surface area contributed by atoms with E-state index in [-0.39, 0.29) is 0 Å². The molecule has 1 aliphatic carbocycles. The molecule has 1 heterocycles. The summed E-state index contributed by atoms with van der Waals surface area (Å²) in [5.74, 6) is 0. The van der Waals surface area contributed by atoms with Crippen LogP contribution in [0.3, 0.4) is 0 Å². The lowest BCUT2D eigenvalue weighted by atomic mass is 9.89. The Bertz CT molecular complexity index is 219. The molecule has 0 radical (unpaired) electrons. The summed E-state index contributed by atoms with van der Waals surface area (Å²) in [6.45, 7) is 7.12. The molecule has 3 nitrogen and oxygen atoms in total. The minimum Gasteiger partial charge on any atom is -0.328 e. The van der Waals surface area contributed by atoms with E-state index >= 15 is 0 Å². The second-order valence-electron chi connectivity index (χ2n) is 5.90. The van der Waals surface area contributed by atoms with Gasteiger partial charge < -0.3 is 5.73 Å². The van der Waals surface area contributed by atoms with Gasteiger partial charge in [-0.25, -0.2) is 0 Å². The van der Waals surface area contributed by atoms with Crippen LogP contribution in [-0.2, 0) is 0 Å². The Hall–Kier alpha value is -0.120. The largest absolute Gasteiger partial charge is 0.328 e. The van der Waals surface area contributed by atoms with Gasteiger partial charge in [-0.1, -0.05) is 6.42 Å². The van der Waals surface area contributed by atoms with Gasteiger partial charge >= 0.3 is 0 Å². The number of hydrogen-bond donors (Lipinski definition) is 1. The molecule has 4 atom stereocenters. The van der Waals surface area contributed by atoms with E-state index in [1.165, 1.54) is 38.8 Å². The summed E-state index contributed by atoms with van der Waals surface area (Å²) in [7, 11) is 2.25. The van der Waals surface area contributed by atoms with Crippen LogP contribution in [0.25, 0.3) is 0 Å². The van der Waals surface area contributed by atoms with E-state index in [1.807, 2.05) is 0 Å². The first-order chi connectivity index (χ1) is 7.58. The average molecular weight is 225 g/mol. The molecule has 0 aromatic carbocycles. The summed E-state index contributed by atoms with van der Waals surface area (Å²) in [5.41, 5.74) is 6.09. The molecule has 1 saturated carbocycles. The molecule has 94 valence electrons. The fraction of sp³-hybridized carbons (Fsp3) is 1.00. The molecule has 2 N–H and O–H groups in total. The van der Waals surface area contributed by atoms with Crippen molar-refractivity contribution >= 4 is 0 Å². The number of hydrogen-bond acceptors (Lipinski definition) is 3. The molecule has 2 rings (SSSR count). The van der Waals surface area contributed by atoms with E-state index in [4.69, 9.17) is 5.73 Å². The van der Waals surface area contributed by atoms with Crippen molar-refractivity contribution in [1.82, 2.24) is 9.80 Å². The van der Waals surface area contributed by atoms with Crippen LogP contribution in [0.1, 0.15) is 39.5 Å². The maximum absolute atomic E-state index is 6.09. The van der Waals surface area contributed by atoms with E-state index in [0.717, 1.165) is 6.04 Å². The Kier molecular flexibility index (Phi) is 3.88. The number of piperazine rings is 1. The summed E-state index contributed by atoms with van der Waals surface area (Å²) in [6.07, 6.45) is 5.12. The summed E-state index contributed by atoms with van der Waals surface area (Å²) in [5, 5.41) is 0. The van der Waals surface area contributed by atoms with Gasteiger partial charge in [0, 0.05) is 37.3 Å². The summed E-state index contributed by atoms with van der Waals surface area (Å²) in [4.78, 5) is 5.19. The van der Waals surface area contributed by atoms with Crippen LogP contribution in [0.2, 0.25) is 0 Å². The normalized spacial score (nSPS) is 43.5. The molecule has 0 amide bonds. The Morgan fingerprint density at radius 2 is 1.69 bits per heavy atom. The summed E-state index contributed by atoms with van der Waals surface area (Å²) >= 11 is 0. The highest BCUT2D eigenvalue weighted by molar-refractivity contribution is 4.89. The van der Waals surface area contributed by atoms with Crippen LogP contribution < -0.4 is 5.73 Å². The minimum absolute atomic E-state index is 0.448. The molecule has 1 aliphatic heterocycles. The molecule has 4 unspecified atom stereocenters. The topological polar surface area (TPSA) is 32.5 Å². The first-order valence-corrected chi connectivity index (χ1v) is 6.79. The van der Waals surface area contributed by atoms with Crippen molar-refractivity contribution in [2.45, 2.75) is 63.7 Å². The van der Waals surface area contributed by atoms with Gasteiger partial charge in [0.2, 0.25) is 0 Å². The van der Waals surface area contributed by atoms with Crippen LogP contribution in [0.4, 0.5) is 0 Å². The van der Waals surface area contributed by atoms with Crippen molar-refractivity contribution in [3.8, 4) is 0 Å². The van der Waals surface area contributed by atoms with Crippen LogP contribution >= 0.6 is 0 Å². The maximum atomic E-state index is 6.09. The van der Waals surface area contributed by atoms with Gasteiger partial charge in [-0.15, -0.1) is 0 Å². The predicted molar refractivity (Wildman–Crippen MR) is 68.5 cm³/mol. The third-order valence-electron chi connectivity index (χ3n) is 4.59. The molecule has 0 spiro atoms. The molecule has 2 fully saturated rings. The zero-order chi connectivity index (χ0) is 11.7. The van der Waals surface area contributed by atoms with Crippen molar-refractivity contribution in [1.29, 1.82) is 0 Å². The van der Waals surface area contributed by atoms with Crippen LogP contribution in [-0.4, -0.2) is 54.1 Å². The molecular weight excluding hydrogens is 198 g/mol. The molecule has 16 heavy (non-hydrogen) atoms. The third-order valence-corrected chi connectivity index (χ3v) is 4.59. The van der Waals surface area contributed by atoms with Gasteiger partial charge in [-0.3, -0.25) is 9.80 Å². The van der Waals surface area contributed by atoms with Gasteiger partial charge in [0.05, 0.1) is 0 Å². The number of nitrogens with two attached hydrogens (primary N) is 1. The number of rotatable bonds is 1. The van der Waals surface area contributed by atoms with Gasteiger partial charge in [0.1, 0.15) is 0 Å².